The number of nitrogens with two attached hydrogens (primary N) is 2. The molecule has 0 radical (unpaired) electrons. The fraction of sp³-hybridized carbons (Fsp3) is 0.333. The second kappa shape index (κ2) is 8.51. The minimum absolute atomic E-state index is 0.205. The van der Waals surface area contributed by atoms with Crippen LogP contribution in [0.3, 0.4) is 0 Å². The van der Waals surface area contributed by atoms with Crippen molar-refractivity contribution < 1.29 is 23.9 Å². The fourth-order valence-corrected chi connectivity index (χ4v) is 2.02. The Morgan fingerprint density at radius 3 is 2.00 bits per heavy atom. The van der Waals surface area contributed by atoms with Gasteiger partial charge >= 0.3 is 0 Å². The lowest BCUT2D eigenvalue weighted by Crippen LogP contribution is -2.52. The number of hydrogen-bond donors (Lipinski definition) is 4. The third-order valence-corrected chi connectivity index (χ3v) is 3.16. The van der Waals surface area contributed by atoms with Crippen LogP contribution in [0.1, 0.15) is 24.9 Å². The Kier molecular flexibility index (Phi) is 6.72. The van der Waals surface area contributed by atoms with Gasteiger partial charge in [0.25, 0.3) is 0 Å². The molecule has 0 aromatic heterocycles. The Hall–Kier alpha value is -3.10. The predicted octanol–water partition coefficient (Wildman–Crippen LogP) is -1.28. The molecule has 130 valence electrons. The van der Waals surface area contributed by atoms with Gasteiger partial charge in [0, 0.05) is 6.92 Å². The first kappa shape index (κ1) is 18.9. The highest BCUT2D eigenvalue weighted by Crippen LogP contribution is 2.20. The van der Waals surface area contributed by atoms with Crippen LogP contribution < -0.4 is 26.8 Å². The Morgan fingerprint density at radius 2 is 1.58 bits per heavy atom. The van der Waals surface area contributed by atoms with Gasteiger partial charge in [-0.1, -0.05) is 12.1 Å². The zero-order valence-electron chi connectivity index (χ0n) is 13.4. The minimum Gasteiger partial charge on any atom is -0.497 e. The van der Waals surface area contributed by atoms with Gasteiger partial charge in [-0.3, -0.25) is 19.2 Å². The molecule has 0 spiro atoms. The molecule has 0 heterocycles. The molecule has 6 N–H and O–H groups in total. The zero-order chi connectivity index (χ0) is 18.3. The lowest BCUT2D eigenvalue weighted by molar-refractivity contribution is -0.134. The summed E-state index contributed by atoms with van der Waals surface area (Å²) in [6.07, 6.45) is -0.205. The molecular formula is C15H20N4O5. The summed E-state index contributed by atoms with van der Waals surface area (Å²) in [4.78, 5) is 45.6. The number of methoxy groups -OCH3 is 1. The van der Waals surface area contributed by atoms with Gasteiger partial charge < -0.3 is 26.8 Å². The monoisotopic (exact) mass is 336 g/mol. The summed E-state index contributed by atoms with van der Waals surface area (Å²) in [6, 6.07) is 4.47. The molecule has 0 saturated heterocycles. The van der Waals surface area contributed by atoms with Crippen molar-refractivity contribution in [3.63, 3.8) is 0 Å². The van der Waals surface area contributed by atoms with Gasteiger partial charge in [-0.25, -0.2) is 0 Å². The van der Waals surface area contributed by atoms with Crippen molar-refractivity contribution in [2.45, 2.75) is 25.4 Å². The lowest BCUT2D eigenvalue weighted by Gasteiger charge is -2.19. The maximum absolute atomic E-state index is 12.0. The maximum atomic E-state index is 12.0. The van der Waals surface area contributed by atoms with Crippen molar-refractivity contribution in [2.24, 2.45) is 11.5 Å². The summed E-state index contributed by atoms with van der Waals surface area (Å²) in [5.41, 5.74) is 10.7. The summed E-state index contributed by atoms with van der Waals surface area (Å²) in [7, 11) is 1.52. The summed E-state index contributed by atoms with van der Waals surface area (Å²) in [6.45, 7) is 1.31. The molecule has 1 rings (SSSR count). The van der Waals surface area contributed by atoms with E-state index in [1.54, 1.807) is 24.3 Å². The molecule has 1 aromatic carbocycles. The number of carbonyl (C=O) groups is 4. The van der Waals surface area contributed by atoms with Gasteiger partial charge in [0.2, 0.25) is 23.6 Å². The van der Waals surface area contributed by atoms with Gasteiger partial charge in [-0.05, 0) is 17.7 Å². The average molecular weight is 336 g/mol. The van der Waals surface area contributed by atoms with E-state index in [9.17, 15) is 19.2 Å². The number of amides is 4. The number of nitrogens with one attached hydrogen (secondary N) is 2. The second-order valence-corrected chi connectivity index (χ2v) is 5.04. The van der Waals surface area contributed by atoms with Crippen molar-refractivity contribution in [3.05, 3.63) is 29.8 Å². The molecule has 4 amide bonds. The van der Waals surface area contributed by atoms with Crippen molar-refractivity contribution in [3.8, 4) is 5.75 Å². The Bertz CT molecular complexity index is 615. The van der Waals surface area contributed by atoms with Gasteiger partial charge in [0.1, 0.15) is 5.75 Å². The van der Waals surface area contributed by atoms with Crippen LogP contribution in [0.5, 0.6) is 5.75 Å². The molecule has 0 fully saturated rings. The largest absolute Gasteiger partial charge is 0.497 e. The van der Waals surface area contributed by atoms with Crippen LogP contribution in [0.2, 0.25) is 0 Å². The standard InChI is InChI=1S/C15H20N4O5/c1-8(20)18-11(9-3-5-10(24-2)6-4-9)7-12(21)19-13(14(16)22)15(17)23/h3-6,11,13H,7H2,1-2H3,(H2,16,22)(H2,17,23)(H,18,20)(H,19,21)/t11-/m1/s1. The van der Waals surface area contributed by atoms with E-state index in [2.05, 4.69) is 10.6 Å². The van der Waals surface area contributed by atoms with Crippen LogP contribution >= 0.6 is 0 Å². The number of ether oxygens (including phenoxy) is 1. The second-order valence-electron chi connectivity index (χ2n) is 5.04. The highest BCUT2D eigenvalue weighted by molar-refractivity contribution is 6.05. The number of benzene rings is 1. The minimum atomic E-state index is -1.61. The van der Waals surface area contributed by atoms with E-state index in [-0.39, 0.29) is 12.3 Å². The van der Waals surface area contributed by atoms with Crippen LogP contribution in [0, 0.1) is 0 Å². The van der Waals surface area contributed by atoms with E-state index in [1.807, 2.05) is 0 Å². The summed E-state index contributed by atoms with van der Waals surface area (Å²) in [5.74, 6) is -2.50. The van der Waals surface area contributed by atoms with Crippen LogP contribution in [0.25, 0.3) is 0 Å². The normalized spacial score (nSPS) is 11.5. The van der Waals surface area contributed by atoms with E-state index >= 15 is 0 Å². The van der Waals surface area contributed by atoms with Crippen molar-refractivity contribution in [2.75, 3.05) is 7.11 Å². The molecule has 0 aliphatic heterocycles. The van der Waals surface area contributed by atoms with Gasteiger partial charge in [-0.2, -0.15) is 0 Å². The van der Waals surface area contributed by atoms with Crippen LogP contribution in [-0.4, -0.2) is 36.8 Å². The fourth-order valence-electron chi connectivity index (χ4n) is 2.02. The number of carbonyl (C=O) groups excluding carboxylic acids is 4. The van der Waals surface area contributed by atoms with Crippen LogP contribution in [0.15, 0.2) is 24.3 Å². The average Bonchev–Trinajstić information content (AvgIpc) is 2.51. The van der Waals surface area contributed by atoms with E-state index in [0.717, 1.165) is 0 Å². The zero-order valence-corrected chi connectivity index (χ0v) is 13.4. The van der Waals surface area contributed by atoms with Crippen molar-refractivity contribution in [1.82, 2.24) is 10.6 Å². The Balaban J connectivity index is 2.88. The predicted molar refractivity (Wildman–Crippen MR) is 84.5 cm³/mol. The first-order chi connectivity index (χ1) is 11.2. The molecule has 0 aliphatic rings. The van der Waals surface area contributed by atoms with Gasteiger partial charge in [0.15, 0.2) is 6.04 Å². The highest BCUT2D eigenvalue weighted by Gasteiger charge is 2.25. The molecule has 0 unspecified atom stereocenters. The van der Waals surface area contributed by atoms with Crippen LogP contribution in [0.4, 0.5) is 0 Å². The summed E-state index contributed by atoms with van der Waals surface area (Å²) < 4.78 is 5.05. The van der Waals surface area contributed by atoms with Crippen LogP contribution in [-0.2, 0) is 19.2 Å². The maximum Gasteiger partial charge on any atom is 0.249 e. The van der Waals surface area contributed by atoms with E-state index in [4.69, 9.17) is 16.2 Å². The number of hydrogen-bond acceptors (Lipinski definition) is 5. The van der Waals surface area contributed by atoms with E-state index in [0.29, 0.717) is 11.3 Å². The SMILES string of the molecule is COc1ccc([C@@H](CC(=O)NC(C(N)=O)C(N)=O)NC(C)=O)cc1. The van der Waals surface area contributed by atoms with E-state index in [1.165, 1.54) is 14.0 Å². The molecule has 0 aliphatic carbocycles. The molecular weight excluding hydrogens is 316 g/mol. The summed E-state index contributed by atoms with van der Waals surface area (Å²) >= 11 is 0. The van der Waals surface area contributed by atoms with Crippen molar-refractivity contribution in [1.29, 1.82) is 0 Å². The molecule has 1 aromatic rings. The molecule has 1 atom stereocenters. The summed E-state index contributed by atoms with van der Waals surface area (Å²) in [5, 5.41) is 4.77. The highest BCUT2D eigenvalue weighted by atomic mass is 16.5. The number of rotatable bonds is 8. The quantitative estimate of drug-likeness (QED) is 0.435. The Morgan fingerprint density at radius 1 is 1.04 bits per heavy atom. The topological polar surface area (TPSA) is 154 Å². The molecule has 9 nitrogen and oxygen atoms in total. The first-order valence-corrected chi connectivity index (χ1v) is 7.03. The van der Waals surface area contributed by atoms with Gasteiger partial charge in [-0.15, -0.1) is 0 Å². The van der Waals surface area contributed by atoms with Gasteiger partial charge in [0.05, 0.1) is 19.6 Å². The van der Waals surface area contributed by atoms with E-state index < -0.39 is 29.8 Å². The number of primary amides is 2. The first-order valence-electron chi connectivity index (χ1n) is 7.03. The molecule has 24 heavy (non-hydrogen) atoms. The third kappa shape index (κ3) is 5.59. The molecule has 0 saturated carbocycles. The molecule has 9 heteroatoms. The lowest BCUT2D eigenvalue weighted by atomic mass is 10.0. The Labute approximate surface area is 138 Å². The molecule has 0 bridgehead atoms. The smallest absolute Gasteiger partial charge is 0.249 e. The van der Waals surface area contributed by atoms with Crippen molar-refractivity contribution >= 4 is 23.6 Å². The third-order valence-electron chi connectivity index (χ3n) is 3.16.